The Bertz CT molecular complexity index is 644. The van der Waals surface area contributed by atoms with Crippen LogP contribution >= 0.6 is 0 Å². The second-order valence-electron chi connectivity index (χ2n) is 4.94. The van der Waals surface area contributed by atoms with Gasteiger partial charge in [0, 0.05) is 38.0 Å². The largest absolute Gasteiger partial charge is 0.477 e. The molecule has 0 fully saturated rings. The van der Waals surface area contributed by atoms with E-state index in [9.17, 15) is 14.7 Å². The Morgan fingerprint density at radius 3 is 2.60 bits per heavy atom. The molecule has 2 rings (SSSR count). The highest BCUT2D eigenvalue weighted by molar-refractivity contribution is 5.94. The molecule has 0 aliphatic heterocycles. The molecule has 1 N–H and O–H groups in total. The van der Waals surface area contributed by atoms with E-state index in [0.29, 0.717) is 19.4 Å². The number of hydrogen-bond donors (Lipinski definition) is 1. The number of aryl methyl sites for hydroxylation is 1. The number of carbonyl (C=O) groups excluding carboxylic acids is 1. The average Bonchev–Trinajstić information content (AvgIpc) is 2.78. The topological polar surface area (TPSA) is 62.5 Å². The number of nitrogens with zero attached hydrogens (tertiary/aromatic N) is 2. The van der Waals surface area contributed by atoms with Crippen molar-refractivity contribution in [1.82, 2.24) is 9.47 Å². The first kappa shape index (κ1) is 14.1. The lowest BCUT2D eigenvalue weighted by molar-refractivity contribution is -0.128. The summed E-state index contributed by atoms with van der Waals surface area (Å²) in [6.07, 6.45) is 1.04. The van der Waals surface area contributed by atoms with Gasteiger partial charge in [-0.2, -0.15) is 0 Å². The maximum atomic E-state index is 11.6. The van der Waals surface area contributed by atoms with Crippen molar-refractivity contribution >= 4 is 22.8 Å². The smallest absolute Gasteiger partial charge is 0.352 e. The number of rotatable bonds is 5. The van der Waals surface area contributed by atoms with Gasteiger partial charge in [-0.15, -0.1) is 0 Å². The maximum Gasteiger partial charge on any atom is 0.352 e. The Hall–Kier alpha value is -2.30. The summed E-state index contributed by atoms with van der Waals surface area (Å²) in [5.41, 5.74) is 1.16. The van der Waals surface area contributed by atoms with Gasteiger partial charge in [-0.25, -0.2) is 4.79 Å². The van der Waals surface area contributed by atoms with E-state index in [1.54, 1.807) is 29.6 Å². The van der Waals surface area contributed by atoms with Crippen LogP contribution in [-0.2, 0) is 11.3 Å². The first-order valence-electron chi connectivity index (χ1n) is 6.52. The maximum absolute atomic E-state index is 11.6. The van der Waals surface area contributed by atoms with Gasteiger partial charge in [-0.1, -0.05) is 18.2 Å². The molecule has 0 aliphatic carbocycles. The predicted octanol–water partition coefficient (Wildman–Crippen LogP) is 2.21. The molecule has 0 atom stereocenters. The van der Waals surface area contributed by atoms with E-state index in [0.717, 1.165) is 10.9 Å². The molecular formula is C15H18N2O3. The molecule has 2 aromatic rings. The van der Waals surface area contributed by atoms with Crippen LogP contribution < -0.4 is 0 Å². The van der Waals surface area contributed by atoms with E-state index in [4.69, 9.17) is 0 Å². The van der Waals surface area contributed by atoms with Gasteiger partial charge >= 0.3 is 5.97 Å². The summed E-state index contributed by atoms with van der Waals surface area (Å²) in [7, 11) is 3.44. The average molecular weight is 274 g/mol. The van der Waals surface area contributed by atoms with Gasteiger partial charge in [0.2, 0.25) is 5.91 Å². The van der Waals surface area contributed by atoms with Gasteiger partial charge in [-0.3, -0.25) is 4.79 Å². The lowest BCUT2D eigenvalue weighted by atomic mass is 10.2. The van der Waals surface area contributed by atoms with Crippen molar-refractivity contribution in [2.24, 2.45) is 0 Å². The molecule has 1 aromatic carbocycles. The van der Waals surface area contributed by atoms with Crippen LogP contribution in [-0.4, -0.2) is 40.5 Å². The van der Waals surface area contributed by atoms with Crippen molar-refractivity contribution in [3.63, 3.8) is 0 Å². The minimum atomic E-state index is -0.944. The minimum absolute atomic E-state index is 0.0540. The van der Waals surface area contributed by atoms with Crippen molar-refractivity contribution < 1.29 is 14.7 Å². The molecule has 106 valence electrons. The molecule has 0 unspecified atom stereocenters. The Balaban J connectivity index is 2.21. The van der Waals surface area contributed by atoms with Crippen LogP contribution in [0.25, 0.3) is 10.9 Å². The van der Waals surface area contributed by atoms with Crippen LogP contribution in [0.1, 0.15) is 23.3 Å². The molecule has 1 heterocycles. The molecule has 0 saturated carbocycles. The van der Waals surface area contributed by atoms with Crippen LogP contribution in [0.2, 0.25) is 0 Å². The number of carboxylic acid groups (broad SMARTS) is 1. The van der Waals surface area contributed by atoms with E-state index in [-0.39, 0.29) is 11.6 Å². The summed E-state index contributed by atoms with van der Waals surface area (Å²) < 4.78 is 1.76. The Morgan fingerprint density at radius 2 is 1.95 bits per heavy atom. The third-order valence-electron chi connectivity index (χ3n) is 3.30. The van der Waals surface area contributed by atoms with Gasteiger partial charge in [-0.05, 0) is 18.6 Å². The number of aromatic nitrogens is 1. The second-order valence-corrected chi connectivity index (χ2v) is 4.94. The minimum Gasteiger partial charge on any atom is -0.477 e. The summed E-state index contributed by atoms with van der Waals surface area (Å²) in [5, 5.41) is 10.2. The molecule has 0 spiro atoms. The summed E-state index contributed by atoms with van der Waals surface area (Å²) >= 11 is 0. The highest BCUT2D eigenvalue weighted by atomic mass is 16.4. The summed E-state index contributed by atoms with van der Waals surface area (Å²) in [6, 6.07) is 9.23. The van der Waals surface area contributed by atoms with E-state index in [1.807, 2.05) is 24.3 Å². The van der Waals surface area contributed by atoms with Crippen molar-refractivity contribution in [3.05, 3.63) is 36.0 Å². The van der Waals surface area contributed by atoms with Gasteiger partial charge < -0.3 is 14.6 Å². The van der Waals surface area contributed by atoms with Crippen LogP contribution in [0.5, 0.6) is 0 Å². The lowest BCUT2D eigenvalue weighted by Gasteiger charge is -2.11. The molecule has 5 heteroatoms. The quantitative estimate of drug-likeness (QED) is 0.909. The zero-order valence-corrected chi connectivity index (χ0v) is 11.7. The summed E-state index contributed by atoms with van der Waals surface area (Å²) in [5.74, 6) is -0.890. The fourth-order valence-electron chi connectivity index (χ4n) is 2.24. The third kappa shape index (κ3) is 2.82. The first-order chi connectivity index (χ1) is 9.50. The molecular weight excluding hydrogens is 256 g/mol. The van der Waals surface area contributed by atoms with Crippen molar-refractivity contribution in [1.29, 1.82) is 0 Å². The summed E-state index contributed by atoms with van der Waals surface area (Å²) in [6.45, 7) is 0.523. The number of carboxylic acids is 1. The van der Waals surface area contributed by atoms with E-state index in [2.05, 4.69) is 0 Å². The predicted molar refractivity (Wildman–Crippen MR) is 76.8 cm³/mol. The highest BCUT2D eigenvalue weighted by Gasteiger charge is 2.14. The normalized spacial score (nSPS) is 10.7. The second kappa shape index (κ2) is 5.77. The van der Waals surface area contributed by atoms with Crippen molar-refractivity contribution in [2.45, 2.75) is 19.4 Å². The number of carbonyl (C=O) groups is 2. The highest BCUT2D eigenvalue weighted by Crippen LogP contribution is 2.20. The van der Waals surface area contributed by atoms with Gasteiger partial charge in [0.1, 0.15) is 5.69 Å². The first-order valence-corrected chi connectivity index (χ1v) is 6.52. The molecule has 1 amide bonds. The lowest BCUT2D eigenvalue weighted by Crippen LogP contribution is -2.21. The van der Waals surface area contributed by atoms with Crippen LogP contribution in [0.4, 0.5) is 0 Å². The number of para-hydroxylation sites is 1. The molecule has 1 aromatic heterocycles. The SMILES string of the molecule is CN(C)C(=O)CCCn1c(C(=O)O)cc2ccccc21. The molecule has 0 radical (unpaired) electrons. The number of benzene rings is 1. The van der Waals surface area contributed by atoms with Crippen LogP contribution in [0.15, 0.2) is 30.3 Å². The molecule has 0 bridgehead atoms. The Kier molecular flexibility index (Phi) is 4.08. The third-order valence-corrected chi connectivity index (χ3v) is 3.30. The van der Waals surface area contributed by atoms with E-state index >= 15 is 0 Å². The van der Waals surface area contributed by atoms with E-state index in [1.165, 1.54) is 0 Å². The molecule has 0 aliphatic rings. The monoisotopic (exact) mass is 274 g/mol. The van der Waals surface area contributed by atoms with Crippen LogP contribution in [0.3, 0.4) is 0 Å². The van der Waals surface area contributed by atoms with Gasteiger partial charge in [0.15, 0.2) is 0 Å². The van der Waals surface area contributed by atoms with Crippen molar-refractivity contribution in [2.75, 3.05) is 14.1 Å². The number of fused-ring (bicyclic) bond motifs is 1. The van der Waals surface area contributed by atoms with Crippen LogP contribution in [0, 0.1) is 0 Å². The Labute approximate surface area is 117 Å². The van der Waals surface area contributed by atoms with Crippen molar-refractivity contribution in [3.8, 4) is 0 Å². The van der Waals surface area contributed by atoms with Gasteiger partial charge in [0.25, 0.3) is 0 Å². The van der Waals surface area contributed by atoms with E-state index < -0.39 is 5.97 Å². The molecule has 5 nitrogen and oxygen atoms in total. The number of hydrogen-bond acceptors (Lipinski definition) is 2. The Morgan fingerprint density at radius 1 is 1.25 bits per heavy atom. The fraction of sp³-hybridized carbons (Fsp3) is 0.333. The number of amides is 1. The zero-order chi connectivity index (χ0) is 14.7. The standard InChI is InChI=1S/C15H18N2O3/c1-16(2)14(18)8-5-9-17-12-7-4-3-6-11(12)10-13(17)15(19)20/h3-4,6-7,10H,5,8-9H2,1-2H3,(H,19,20). The van der Waals surface area contributed by atoms with Gasteiger partial charge in [0.05, 0.1) is 0 Å². The summed E-state index contributed by atoms with van der Waals surface area (Å²) in [4.78, 5) is 24.4. The molecule has 0 saturated heterocycles. The molecule has 20 heavy (non-hydrogen) atoms. The number of aromatic carboxylic acids is 1. The fourth-order valence-corrected chi connectivity index (χ4v) is 2.24. The zero-order valence-electron chi connectivity index (χ0n) is 11.7.